The fourth-order valence-corrected chi connectivity index (χ4v) is 4.35. The summed E-state index contributed by atoms with van der Waals surface area (Å²) in [6.45, 7) is 1.93. The smallest absolute Gasteiger partial charge is 0.295 e. The van der Waals surface area contributed by atoms with Crippen LogP contribution in [0.25, 0.3) is 11.0 Å². The van der Waals surface area contributed by atoms with Gasteiger partial charge in [-0.25, -0.2) is 0 Å². The molecule has 29 heavy (non-hydrogen) atoms. The largest absolute Gasteiger partial charge is 0.450 e. The SMILES string of the molecule is Cc1ccc2oc3c(c(=O)c2c1)C(c1cccc(Br)c1)N(c1ccccc1)C3=O. The second kappa shape index (κ2) is 6.71. The summed E-state index contributed by atoms with van der Waals surface area (Å²) in [4.78, 5) is 28.6. The zero-order valence-electron chi connectivity index (χ0n) is 15.6. The molecule has 5 heteroatoms. The van der Waals surface area contributed by atoms with Crippen molar-refractivity contribution in [2.75, 3.05) is 4.90 Å². The minimum absolute atomic E-state index is 0.111. The molecule has 5 rings (SSSR count). The summed E-state index contributed by atoms with van der Waals surface area (Å²) < 4.78 is 6.86. The third kappa shape index (κ3) is 2.81. The number of halogens is 1. The monoisotopic (exact) mass is 445 g/mol. The molecule has 4 nitrogen and oxygen atoms in total. The van der Waals surface area contributed by atoms with E-state index in [4.69, 9.17) is 4.42 Å². The van der Waals surface area contributed by atoms with Crippen molar-refractivity contribution < 1.29 is 9.21 Å². The van der Waals surface area contributed by atoms with Crippen molar-refractivity contribution >= 4 is 38.5 Å². The van der Waals surface area contributed by atoms with Crippen LogP contribution in [0.15, 0.2) is 86.5 Å². The second-order valence-corrected chi connectivity index (χ2v) is 8.06. The Morgan fingerprint density at radius 3 is 2.48 bits per heavy atom. The van der Waals surface area contributed by atoms with E-state index < -0.39 is 6.04 Å². The fraction of sp³-hybridized carbons (Fsp3) is 0.0833. The summed E-state index contributed by atoms with van der Waals surface area (Å²) in [5.74, 6) is -0.198. The molecule has 0 bridgehead atoms. The lowest BCUT2D eigenvalue weighted by molar-refractivity contribution is 0.0971. The summed E-state index contributed by atoms with van der Waals surface area (Å²) in [6, 6.07) is 21.9. The van der Waals surface area contributed by atoms with E-state index in [1.807, 2.05) is 73.7 Å². The van der Waals surface area contributed by atoms with Crippen LogP contribution in [0.2, 0.25) is 0 Å². The molecular weight excluding hydrogens is 430 g/mol. The Morgan fingerprint density at radius 1 is 0.931 bits per heavy atom. The summed E-state index contributed by atoms with van der Waals surface area (Å²) >= 11 is 3.50. The quantitative estimate of drug-likeness (QED) is 0.402. The van der Waals surface area contributed by atoms with Crippen molar-refractivity contribution in [3.63, 3.8) is 0 Å². The Labute approximate surface area is 175 Å². The standard InChI is InChI=1S/C24H16BrNO3/c1-14-10-11-19-18(12-14)22(27)20-21(15-6-5-7-16(25)13-15)26(24(28)23(20)29-19)17-8-3-2-4-9-17/h2-13,21H,1H3. The average Bonchev–Trinajstić information content (AvgIpc) is 3.02. The van der Waals surface area contributed by atoms with Crippen LogP contribution in [-0.4, -0.2) is 5.91 Å². The maximum Gasteiger partial charge on any atom is 0.295 e. The lowest BCUT2D eigenvalue weighted by Crippen LogP contribution is -2.29. The number of hydrogen-bond acceptors (Lipinski definition) is 3. The molecule has 0 fully saturated rings. The van der Waals surface area contributed by atoms with Gasteiger partial charge in [-0.15, -0.1) is 0 Å². The van der Waals surface area contributed by atoms with Crippen molar-refractivity contribution in [3.8, 4) is 0 Å². The number of para-hydroxylation sites is 1. The molecule has 1 aromatic heterocycles. The molecule has 0 N–H and O–H groups in total. The Bertz CT molecular complexity index is 1330. The highest BCUT2D eigenvalue weighted by molar-refractivity contribution is 9.10. The van der Waals surface area contributed by atoms with Gasteiger partial charge in [0, 0.05) is 10.2 Å². The first-order valence-electron chi connectivity index (χ1n) is 9.26. The van der Waals surface area contributed by atoms with Gasteiger partial charge in [-0.1, -0.05) is 57.9 Å². The van der Waals surface area contributed by atoms with Crippen LogP contribution < -0.4 is 10.3 Å². The molecule has 4 aromatic rings. The fourth-order valence-electron chi connectivity index (χ4n) is 3.93. The van der Waals surface area contributed by atoms with Gasteiger partial charge in [0.2, 0.25) is 5.76 Å². The van der Waals surface area contributed by atoms with Gasteiger partial charge in [0.05, 0.1) is 17.0 Å². The van der Waals surface area contributed by atoms with E-state index in [0.29, 0.717) is 22.2 Å². The number of amides is 1. The maximum atomic E-state index is 13.5. The Morgan fingerprint density at radius 2 is 1.72 bits per heavy atom. The summed E-state index contributed by atoms with van der Waals surface area (Å²) in [5, 5.41) is 0.492. The number of carbonyl (C=O) groups is 1. The topological polar surface area (TPSA) is 50.5 Å². The Kier molecular flexibility index (Phi) is 4.14. The minimum Gasteiger partial charge on any atom is -0.450 e. The number of hydrogen-bond donors (Lipinski definition) is 0. The lowest BCUT2D eigenvalue weighted by atomic mass is 9.98. The van der Waals surface area contributed by atoms with Gasteiger partial charge < -0.3 is 4.42 Å². The molecule has 0 saturated heterocycles. The minimum atomic E-state index is -0.557. The predicted molar refractivity (Wildman–Crippen MR) is 116 cm³/mol. The van der Waals surface area contributed by atoms with Crippen LogP contribution in [0.1, 0.15) is 33.3 Å². The molecule has 142 valence electrons. The van der Waals surface area contributed by atoms with Crippen LogP contribution in [0, 0.1) is 6.92 Å². The molecule has 1 amide bonds. The van der Waals surface area contributed by atoms with Crippen LogP contribution in [-0.2, 0) is 0 Å². The van der Waals surface area contributed by atoms with E-state index in [1.165, 1.54) is 0 Å². The maximum absolute atomic E-state index is 13.5. The molecular formula is C24H16BrNO3. The molecule has 0 aliphatic carbocycles. The van der Waals surface area contributed by atoms with Crippen LogP contribution in [0.4, 0.5) is 5.69 Å². The number of aryl methyl sites for hydroxylation is 1. The number of benzene rings is 3. The first-order valence-corrected chi connectivity index (χ1v) is 10.1. The molecule has 1 atom stereocenters. The highest BCUT2D eigenvalue weighted by Gasteiger charge is 2.43. The van der Waals surface area contributed by atoms with Gasteiger partial charge in [0.25, 0.3) is 5.91 Å². The molecule has 2 heterocycles. The van der Waals surface area contributed by atoms with Gasteiger partial charge in [0.15, 0.2) is 5.43 Å². The van der Waals surface area contributed by atoms with Gasteiger partial charge in [0.1, 0.15) is 5.58 Å². The van der Waals surface area contributed by atoms with Gasteiger partial charge in [-0.05, 0) is 48.9 Å². The number of rotatable bonds is 2. The number of fused-ring (bicyclic) bond motifs is 2. The normalized spacial score (nSPS) is 15.7. The molecule has 3 aromatic carbocycles. The van der Waals surface area contributed by atoms with Crippen molar-refractivity contribution in [2.24, 2.45) is 0 Å². The van der Waals surface area contributed by atoms with E-state index in [0.717, 1.165) is 15.6 Å². The zero-order chi connectivity index (χ0) is 20.1. The van der Waals surface area contributed by atoms with E-state index in [2.05, 4.69) is 15.9 Å². The average molecular weight is 446 g/mol. The van der Waals surface area contributed by atoms with Crippen molar-refractivity contribution in [2.45, 2.75) is 13.0 Å². The molecule has 1 aliphatic rings. The first kappa shape index (κ1) is 17.9. The van der Waals surface area contributed by atoms with Gasteiger partial charge in [-0.3, -0.25) is 14.5 Å². The first-order chi connectivity index (χ1) is 14.0. The van der Waals surface area contributed by atoms with Gasteiger partial charge in [-0.2, -0.15) is 0 Å². The summed E-state index contributed by atoms with van der Waals surface area (Å²) in [7, 11) is 0. The Balaban J connectivity index is 1.84. The zero-order valence-corrected chi connectivity index (χ0v) is 17.1. The van der Waals surface area contributed by atoms with E-state index in [-0.39, 0.29) is 17.1 Å². The van der Waals surface area contributed by atoms with E-state index in [1.54, 1.807) is 11.0 Å². The van der Waals surface area contributed by atoms with E-state index in [9.17, 15) is 9.59 Å². The predicted octanol–water partition coefficient (Wildman–Crippen LogP) is 5.61. The molecule has 1 unspecified atom stereocenters. The number of nitrogens with zero attached hydrogens (tertiary/aromatic N) is 1. The second-order valence-electron chi connectivity index (χ2n) is 7.14. The van der Waals surface area contributed by atoms with Crippen molar-refractivity contribution in [1.82, 2.24) is 0 Å². The number of anilines is 1. The number of carbonyl (C=O) groups excluding carboxylic acids is 1. The van der Waals surface area contributed by atoms with Crippen LogP contribution >= 0.6 is 15.9 Å². The molecule has 0 radical (unpaired) electrons. The Hall–Kier alpha value is -3.18. The lowest BCUT2D eigenvalue weighted by Gasteiger charge is -2.25. The van der Waals surface area contributed by atoms with Crippen LogP contribution in [0.5, 0.6) is 0 Å². The molecule has 0 spiro atoms. The summed E-state index contributed by atoms with van der Waals surface area (Å²) in [6.07, 6.45) is 0. The van der Waals surface area contributed by atoms with Crippen molar-refractivity contribution in [1.29, 1.82) is 0 Å². The van der Waals surface area contributed by atoms with E-state index >= 15 is 0 Å². The van der Waals surface area contributed by atoms with Crippen molar-refractivity contribution in [3.05, 3.63) is 110 Å². The third-order valence-electron chi connectivity index (χ3n) is 5.22. The van der Waals surface area contributed by atoms with Crippen LogP contribution in [0.3, 0.4) is 0 Å². The van der Waals surface area contributed by atoms with Gasteiger partial charge >= 0.3 is 0 Å². The molecule has 1 aliphatic heterocycles. The highest BCUT2D eigenvalue weighted by Crippen LogP contribution is 2.41. The third-order valence-corrected chi connectivity index (χ3v) is 5.72. The molecule has 0 saturated carbocycles. The summed E-state index contributed by atoms with van der Waals surface area (Å²) in [5.41, 5.74) is 3.17. The highest BCUT2D eigenvalue weighted by atomic mass is 79.9.